The lowest BCUT2D eigenvalue weighted by Crippen LogP contribution is -2.19. The highest BCUT2D eigenvalue weighted by atomic mass is 35.5. The van der Waals surface area contributed by atoms with Crippen LogP contribution in [0.15, 0.2) is 6.07 Å². The van der Waals surface area contributed by atoms with Gasteiger partial charge in [-0.3, -0.25) is 0 Å². The molecule has 5 nitrogen and oxygen atoms in total. The first-order valence-electron chi connectivity index (χ1n) is 4.59. The first kappa shape index (κ1) is 17.2. The number of esters is 1. The Morgan fingerprint density at radius 1 is 1.32 bits per heavy atom. The first-order valence-corrected chi connectivity index (χ1v) is 4.59. The molecule has 0 saturated carbocycles. The summed E-state index contributed by atoms with van der Waals surface area (Å²) in [6.07, 6.45) is -4.87. The fourth-order valence-corrected chi connectivity index (χ4v) is 1.30. The van der Waals surface area contributed by atoms with Crippen molar-refractivity contribution < 1.29 is 32.6 Å². The highest BCUT2D eigenvalue weighted by Crippen LogP contribution is 2.31. The highest BCUT2D eigenvalue weighted by Gasteiger charge is 2.38. The van der Waals surface area contributed by atoms with Gasteiger partial charge in [0.2, 0.25) is 0 Å². The molecular weight excluding hydrogens is 291 g/mol. The SMILES string of the molecule is COC(=O)c1cc(C(=O)O)c(C)nc1C(F)(F)F.Cl. The summed E-state index contributed by atoms with van der Waals surface area (Å²) < 4.78 is 42.1. The normalized spacial score (nSPS) is 10.6. The maximum Gasteiger partial charge on any atom is 0.434 e. The van der Waals surface area contributed by atoms with Gasteiger partial charge in [0.25, 0.3) is 0 Å². The van der Waals surface area contributed by atoms with Crippen LogP contribution in [0.1, 0.15) is 32.1 Å². The fourth-order valence-electron chi connectivity index (χ4n) is 1.30. The van der Waals surface area contributed by atoms with E-state index in [1.54, 1.807) is 0 Å². The van der Waals surface area contributed by atoms with Crippen molar-refractivity contribution in [3.05, 3.63) is 28.6 Å². The number of nitrogens with zero attached hydrogens (tertiary/aromatic N) is 1. The van der Waals surface area contributed by atoms with Gasteiger partial charge in [-0.2, -0.15) is 13.2 Å². The molecule has 0 radical (unpaired) electrons. The van der Waals surface area contributed by atoms with Crippen LogP contribution in [-0.2, 0) is 10.9 Å². The van der Waals surface area contributed by atoms with E-state index in [9.17, 15) is 22.8 Å². The summed E-state index contributed by atoms with van der Waals surface area (Å²) in [6, 6.07) is 0.610. The van der Waals surface area contributed by atoms with Crippen LogP contribution in [0.5, 0.6) is 0 Å². The number of carboxylic acid groups (broad SMARTS) is 1. The lowest BCUT2D eigenvalue weighted by atomic mass is 10.1. The minimum absolute atomic E-state index is 0. The number of pyridine rings is 1. The lowest BCUT2D eigenvalue weighted by molar-refractivity contribution is -0.141. The Bertz CT molecular complexity index is 516. The van der Waals surface area contributed by atoms with Gasteiger partial charge in [0.05, 0.1) is 23.9 Å². The third-order valence-corrected chi connectivity index (χ3v) is 2.12. The largest absolute Gasteiger partial charge is 0.478 e. The van der Waals surface area contributed by atoms with Crippen LogP contribution in [0.4, 0.5) is 13.2 Å². The van der Waals surface area contributed by atoms with Crippen molar-refractivity contribution in [3.8, 4) is 0 Å². The summed E-state index contributed by atoms with van der Waals surface area (Å²) in [7, 11) is 0.892. The number of aromatic carboxylic acids is 1. The summed E-state index contributed by atoms with van der Waals surface area (Å²) in [5.74, 6) is -2.77. The molecule has 0 fully saturated rings. The molecular formula is C10H9ClF3NO4. The van der Waals surface area contributed by atoms with E-state index in [1.807, 2.05) is 0 Å². The summed E-state index contributed by atoms with van der Waals surface area (Å²) >= 11 is 0. The minimum Gasteiger partial charge on any atom is -0.478 e. The fraction of sp³-hybridized carbons (Fsp3) is 0.300. The third kappa shape index (κ3) is 3.57. The Morgan fingerprint density at radius 2 is 1.84 bits per heavy atom. The molecule has 0 saturated heterocycles. The molecule has 0 unspecified atom stereocenters. The molecule has 0 aliphatic carbocycles. The second-order valence-corrected chi connectivity index (χ2v) is 3.31. The lowest BCUT2D eigenvalue weighted by Gasteiger charge is -2.12. The average Bonchev–Trinajstić information content (AvgIpc) is 2.26. The predicted molar refractivity (Wildman–Crippen MR) is 59.5 cm³/mol. The number of rotatable bonds is 2. The minimum atomic E-state index is -4.87. The van der Waals surface area contributed by atoms with E-state index in [2.05, 4.69) is 9.72 Å². The first-order chi connectivity index (χ1) is 8.18. The van der Waals surface area contributed by atoms with Crippen LogP contribution in [0.3, 0.4) is 0 Å². The topological polar surface area (TPSA) is 76.5 Å². The predicted octanol–water partition coefficient (Wildman–Crippen LogP) is 2.32. The number of carbonyl (C=O) groups is 2. The molecule has 1 N–H and O–H groups in total. The van der Waals surface area contributed by atoms with E-state index in [1.165, 1.54) is 0 Å². The molecule has 1 rings (SSSR count). The second kappa shape index (κ2) is 5.87. The zero-order chi connectivity index (χ0) is 14.1. The van der Waals surface area contributed by atoms with E-state index >= 15 is 0 Å². The van der Waals surface area contributed by atoms with Crippen molar-refractivity contribution in [3.63, 3.8) is 0 Å². The number of ether oxygens (including phenoxy) is 1. The molecule has 0 amide bonds. The van der Waals surface area contributed by atoms with Gasteiger partial charge >= 0.3 is 18.1 Å². The van der Waals surface area contributed by atoms with Crippen LogP contribution in [0.2, 0.25) is 0 Å². The van der Waals surface area contributed by atoms with E-state index in [-0.39, 0.29) is 18.1 Å². The number of aryl methyl sites for hydroxylation is 1. The van der Waals surface area contributed by atoms with E-state index in [0.717, 1.165) is 14.0 Å². The molecule has 106 valence electrons. The van der Waals surface area contributed by atoms with Crippen LogP contribution in [0.25, 0.3) is 0 Å². The number of alkyl halides is 3. The number of carboxylic acids is 1. The molecule has 19 heavy (non-hydrogen) atoms. The molecule has 1 aromatic heterocycles. The van der Waals surface area contributed by atoms with Crippen molar-refractivity contribution in [2.24, 2.45) is 0 Å². The zero-order valence-electron chi connectivity index (χ0n) is 9.74. The number of hydrogen-bond donors (Lipinski definition) is 1. The summed E-state index contributed by atoms with van der Waals surface area (Å²) in [6.45, 7) is 1.11. The van der Waals surface area contributed by atoms with E-state index in [4.69, 9.17) is 5.11 Å². The van der Waals surface area contributed by atoms with Gasteiger partial charge in [-0.25, -0.2) is 14.6 Å². The Hall–Kier alpha value is -1.83. The molecule has 1 heterocycles. The van der Waals surface area contributed by atoms with Crippen molar-refractivity contribution in [1.29, 1.82) is 0 Å². The van der Waals surface area contributed by atoms with Gasteiger partial charge in [-0.15, -0.1) is 12.4 Å². The Kier molecular flexibility index (Phi) is 5.31. The molecule has 1 aromatic rings. The molecule has 0 bridgehead atoms. The van der Waals surface area contributed by atoms with Crippen molar-refractivity contribution in [2.75, 3.05) is 7.11 Å². The smallest absolute Gasteiger partial charge is 0.434 e. The maximum absolute atomic E-state index is 12.6. The number of carbonyl (C=O) groups excluding carboxylic acids is 1. The summed E-state index contributed by atoms with van der Waals surface area (Å²) in [5.41, 5.74) is -3.20. The molecule has 0 aliphatic heterocycles. The third-order valence-electron chi connectivity index (χ3n) is 2.12. The van der Waals surface area contributed by atoms with E-state index < -0.39 is 34.9 Å². The van der Waals surface area contributed by atoms with Gasteiger partial charge < -0.3 is 9.84 Å². The number of aromatic nitrogens is 1. The average molecular weight is 300 g/mol. The van der Waals surface area contributed by atoms with Crippen molar-refractivity contribution in [1.82, 2.24) is 4.98 Å². The quantitative estimate of drug-likeness (QED) is 0.848. The van der Waals surface area contributed by atoms with Gasteiger partial charge in [0, 0.05) is 0 Å². The molecule has 0 aromatic carbocycles. The Labute approximate surface area is 111 Å². The zero-order valence-corrected chi connectivity index (χ0v) is 10.6. The molecule has 0 spiro atoms. The van der Waals surface area contributed by atoms with Crippen LogP contribution >= 0.6 is 12.4 Å². The maximum atomic E-state index is 12.6. The van der Waals surface area contributed by atoms with Crippen LogP contribution < -0.4 is 0 Å². The standard InChI is InChI=1S/C10H8F3NO4.ClH/c1-4-5(8(15)16)3-6(9(17)18-2)7(14-4)10(11,12)13;/h3H,1-2H3,(H,15,16);1H. The number of halogens is 4. The monoisotopic (exact) mass is 299 g/mol. The van der Waals surface area contributed by atoms with Gasteiger partial charge in [0.15, 0.2) is 5.69 Å². The highest BCUT2D eigenvalue weighted by molar-refractivity contribution is 5.96. The van der Waals surface area contributed by atoms with Crippen molar-refractivity contribution >= 4 is 24.3 Å². The molecule has 9 heteroatoms. The summed E-state index contributed by atoms with van der Waals surface area (Å²) in [5, 5.41) is 8.76. The number of methoxy groups -OCH3 is 1. The molecule has 0 atom stereocenters. The summed E-state index contributed by atoms with van der Waals surface area (Å²) in [4.78, 5) is 25.1. The van der Waals surface area contributed by atoms with E-state index in [0.29, 0.717) is 6.07 Å². The number of hydrogen-bond acceptors (Lipinski definition) is 4. The van der Waals surface area contributed by atoms with Crippen LogP contribution in [0, 0.1) is 6.92 Å². The van der Waals surface area contributed by atoms with Gasteiger partial charge in [0.1, 0.15) is 0 Å². The second-order valence-electron chi connectivity index (χ2n) is 3.31. The Balaban J connectivity index is 0.00000324. The van der Waals surface area contributed by atoms with Gasteiger partial charge in [-0.1, -0.05) is 0 Å². The molecule has 0 aliphatic rings. The van der Waals surface area contributed by atoms with Crippen molar-refractivity contribution in [2.45, 2.75) is 13.1 Å². The Morgan fingerprint density at radius 3 is 2.21 bits per heavy atom. The van der Waals surface area contributed by atoms with Crippen LogP contribution in [-0.4, -0.2) is 29.1 Å². The van der Waals surface area contributed by atoms with Gasteiger partial charge in [-0.05, 0) is 13.0 Å².